The highest BCUT2D eigenvalue weighted by Gasteiger charge is 2.30. The molecule has 1 atom stereocenters. The molecule has 0 aliphatic carbocycles. The summed E-state index contributed by atoms with van der Waals surface area (Å²) in [5.74, 6) is -1.27. The van der Waals surface area contributed by atoms with Crippen molar-refractivity contribution in [2.75, 3.05) is 11.9 Å². The quantitative estimate of drug-likeness (QED) is 0.601. The Balaban J connectivity index is 2.10. The van der Waals surface area contributed by atoms with E-state index in [1.165, 1.54) is 36.0 Å². The minimum absolute atomic E-state index is 0.00837. The van der Waals surface area contributed by atoms with Crippen LogP contribution in [-0.4, -0.2) is 27.7 Å². The van der Waals surface area contributed by atoms with Crippen molar-refractivity contribution in [3.8, 4) is 0 Å². The first kappa shape index (κ1) is 19.6. The van der Waals surface area contributed by atoms with Crippen LogP contribution in [0.1, 0.15) is 10.5 Å². The predicted octanol–water partition coefficient (Wildman–Crippen LogP) is 3.24. The van der Waals surface area contributed by atoms with Gasteiger partial charge in [-0.15, -0.1) is 4.72 Å². The van der Waals surface area contributed by atoms with Gasteiger partial charge in [-0.3, -0.25) is 4.79 Å². The van der Waals surface area contributed by atoms with Crippen LogP contribution in [0, 0.1) is 5.82 Å². The number of amides is 1. The summed E-state index contributed by atoms with van der Waals surface area (Å²) in [4.78, 5) is 12.2. The summed E-state index contributed by atoms with van der Waals surface area (Å²) in [5, 5.41) is 2.29. The zero-order valence-corrected chi connectivity index (χ0v) is 14.2. The molecule has 0 spiro atoms. The molecule has 0 saturated heterocycles. The van der Waals surface area contributed by atoms with Gasteiger partial charge in [0.15, 0.2) is 4.90 Å². The Kier molecular flexibility index (Phi) is 5.99. The highest BCUT2D eigenvalue weighted by molar-refractivity contribution is 7.89. The zero-order chi connectivity index (χ0) is 18.8. The van der Waals surface area contributed by atoms with Gasteiger partial charge >= 0.3 is 6.18 Å². The Labute approximate surface area is 148 Å². The third kappa shape index (κ3) is 5.36. The SMILES string of the molecule is Cn1cc([S+]([O-])NCC(F)(F)F)cc1C(=O)Nc1ccc(F)c(Cl)c1. The number of aryl methyl sites for hydroxylation is 1. The summed E-state index contributed by atoms with van der Waals surface area (Å²) in [6.07, 6.45) is -3.24. The van der Waals surface area contributed by atoms with E-state index in [9.17, 15) is 26.9 Å². The largest absolute Gasteiger partial charge is 0.593 e. The molecule has 0 saturated carbocycles. The molecule has 1 unspecified atom stereocenters. The van der Waals surface area contributed by atoms with E-state index in [1.807, 2.05) is 4.72 Å². The standard InChI is InChI=1S/C14H12ClF4N3O2S/c1-22-6-9(25(24)20-7-14(17,18)19)5-12(22)13(23)21-8-2-3-11(16)10(15)4-8/h2-6,20H,7H2,1H3,(H,21,23). The fourth-order valence-corrected chi connectivity index (χ4v) is 2.98. The van der Waals surface area contributed by atoms with Crippen molar-refractivity contribution in [1.29, 1.82) is 0 Å². The molecule has 0 bridgehead atoms. The Morgan fingerprint density at radius 1 is 1.36 bits per heavy atom. The van der Waals surface area contributed by atoms with E-state index >= 15 is 0 Å². The summed E-state index contributed by atoms with van der Waals surface area (Å²) >= 11 is 3.49. The van der Waals surface area contributed by atoms with Crippen molar-refractivity contribution >= 4 is 34.6 Å². The lowest BCUT2D eigenvalue weighted by Gasteiger charge is -2.10. The maximum atomic E-state index is 13.1. The maximum absolute atomic E-state index is 13.1. The van der Waals surface area contributed by atoms with E-state index in [1.54, 1.807) is 0 Å². The predicted molar refractivity (Wildman–Crippen MR) is 85.2 cm³/mol. The minimum Gasteiger partial charge on any atom is -0.593 e. The van der Waals surface area contributed by atoms with Crippen LogP contribution in [0.3, 0.4) is 0 Å². The lowest BCUT2D eigenvalue weighted by Crippen LogP contribution is -2.33. The van der Waals surface area contributed by atoms with Gasteiger partial charge in [-0.25, -0.2) is 4.39 Å². The molecule has 1 amide bonds. The number of carbonyl (C=O) groups excluding carboxylic acids is 1. The van der Waals surface area contributed by atoms with Crippen molar-refractivity contribution in [1.82, 2.24) is 9.29 Å². The fraction of sp³-hybridized carbons (Fsp3) is 0.214. The lowest BCUT2D eigenvalue weighted by molar-refractivity contribution is -0.121. The average molecular weight is 398 g/mol. The smallest absolute Gasteiger partial charge is 0.405 e. The van der Waals surface area contributed by atoms with Gasteiger partial charge in [-0.2, -0.15) is 13.2 Å². The number of carbonyl (C=O) groups is 1. The number of hydrogen-bond acceptors (Lipinski definition) is 3. The molecule has 2 N–H and O–H groups in total. The molecule has 0 aliphatic heterocycles. The summed E-state index contributed by atoms with van der Waals surface area (Å²) < 4.78 is 64.5. The molecule has 11 heteroatoms. The summed E-state index contributed by atoms with van der Waals surface area (Å²) in [6, 6.07) is 4.78. The molecular formula is C14H12ClF4N3O2S. The minimum atomic E-state index is -4.51. The van der Waals surface area contributed by atoms with Crippen LogP contribution in [-0.2, 0) is 18.4 Å². The molecular weight excluding hydrogens is 386 g/mol. The second-order valence-electron chi connectivity index (χ2n) is 4.96. The molecule has 1 aromatic heterocycles. The number of nitrogens with zero attached hydrogens (tertiary/aromatic N) is 1. The van der Waals surface area contributed by atoms with Gasteiger partial charge in [0.1, 0.15) is 18.1 Å². The highest BCUT2D eigenvalue weighted by atomic mass is 35.5. The monoisotopic (exact) mass is 397 g/mol. The van der Waals surface area contributed by atoms with Crippen molar-refractivity contribution in [3.05, 3.63) is 47.0 Å². The van der Waals surface area contributed by atoms with Gasteiger partial charge < -0.3 is 14.4 Å². The molecule has 25 heavy (non-hydrogen) atoms. The Hall–Kier alpha value is -1.75. The molecule has 1 heterocycles. The molecule has 5 nitrogen and oxygen atoms in total. The van der Waals surface area contributed by atoms with E-state index in [0.29, 0.717) is 0 Å². The van der Waals surface area contributed by atoms with Crippen LogP contribution in [0.5, 0.6) is 0 Å². The maximum Gasteiger partial charge on any atom is 0.405 e. The summed E-state index contributed by atoms with van der Waals surface area (Å²) in [5.41, 5.74) is 0.285. The Bertz CT molecular complexity index is 782. The van der Waals surface area contributed by atoms with E-state index in [0.717, 1.165) is 6.07 Å². The van der Waals surface area contributed by atoms with E-state index < -0.39 is 35.8 Å². The Morgan fingerprint density at radius 3 is 2.64 bits per heavy atom. The lowest BCUT2D eigenvalue weighted by atomic mass is 10.3. The number of rotatable bonds is 5. The van der Waals surface area contributed by atoms with E-state index in [4.69, 9.17) is 11.6 Å². The molecule has 136 valence electrons. The van der Waals surface area contributed by atoms with Gasteiger partial charge in [-0.05, 0) is 18.2 Å². The van der Waals surface area contributed by atoms with Crippen LogP contribution in [0.25, 0.3) is 0 Å². The normalized spacial score (nSPS) is 12.9. The van der Waals surface area contributed by atoms with Gasteiger partial charge in [0, 0.05) is 18.8 Å². The van der Waals surface area contributed by atoms with Crippen LogP contribution in [0.15, 0.2) is 35.4 Å². The first-order chi connectivity index (χ1) is 11.6. The molecule has 1 aromatic carbocycles. The van der Waals surface area contributed by atoms with Crippen LogP contribution >= 0.6 is 11.6 Å². The number of anilines is 1. The van der Waals surface area contributed by atoms with Crippen molar-refractivity contribution in [2.45, 2.75) is 11.1 Å². The zero-order valence-electron chi connectivity index (χ0n) is 12.7. The second kappa shape index (κ2) is 7.65. The number of aromatic nitrogens is 1. The number of nitrogens with one attached hydrogen (secondary N) is 2. The second-order valence-corrected chi connectivity index (χ2v) is 6.66. The first-order valence-electron chi connectivity index (χ1n) is 6.71. The van der Waals surface area contributed by atoms with Crippen molar-refractivity contribution in [2.24, 2.45) is 7.05 Å². The fourth-order valence-electron chi connectivity index (χ4n) is 1.86. The molecule has 0 aliphatic rings. The van der Waals surface area contributed by atoms with Gasteiger partial charge in [-0.1, -0.05) is 11.6 Å². The van der Waals surface area contributed by atoms with Crippen LogP contribution < -0.4 is 10.0 Å². The number of hydrogen-bond donors (Lipinski definition) is 2. The van der Waals surface area contributed by atoms with E-state index in [-0.39, 0.29) is 21.3 Å². The first-order valence-corrected chi connectivity index (χ1v) is 8.24. The Morgan fingerprint density at radius 2 is 2.04 bits per heavy atom. The van der Waals surface area contributed by atoms with Crippen LogP contribution in [0.2, 0.25) is 5.02 Å². The van der Waals surface area contributed by atoms with Crippen LogP contribution in [0.4, 0.5) is 23.2 Å². The highest BCUT2D eigenvalue weighted by Crippen LogP contribution is 2.21. The topological polar surface area (TPSA) is 69.1 Å². The summed E-state index contributed by atoms with van der Waals surface area (Å²) in [6.45, 7) is -1.43. The molecule has 0 fully saturated rings. The van der Waals surface area contributed by atoms with Crippen molar-refractivity contribution < 1.29 is 26.9 Å². The third-order valence-corrected chi connectivity index (χ3v) is 4.36. The van der Waals surface area contributed by atoms with Gasteiger partial charge in [0.2, 0.25) is 0 Å². The number of alkyl halides is 3. The molecule has 0 radical (unpaired) electrons. The number of halogens is 5. The van der Waals surface area contributed by atoms with E-state index in [2.05, 4.69) is 5.32 Å². The summed E-state index contributed by atoms with van der Waals surface area (Å²) in [7, 11) is 1.47. The van der Waals surface area contributed by atoms with Gasteiger partial charge in [0.25, 0.3) is 5.91 Å². The number of benzene rings is 1. The molecule has 2 rings (SSSR count). The van der Waals surface area contributed by atoms with Crippen molar-refractivity contribution in [3.63, 3.8) is 0 Å². The third-order valence-electron chi connectivity index (χ3n) is 3.01. The van der Waals surface area contributed by atoms with Gasteiger partial charge in [0.05, 0.1) is 22.6 Å². The average Bonchev–Trinajstić information content (AvgIpc) is 2.90. The molecule has 2 aromatic rings.